The number of rotatable bonds is 5. The second kappa shape index (κ2) is 5.10. The zero-order valence-corrected chi connectivity index (χ0v) is 13.1. The Morgan fingerprint density at radius 1 is 1.29 bits per heavy atom. The van der Waals surface area contributed by atoms with Gasteiger partial charge in [0.15, 0.2) is 0 Å². The molecule has 1 aromatic rings. The first-order valence-electron chi connectivity index (χ1n) is 8.61. The lowest BCUT2D eigenvalue weighted by Crippen LogP contribution is -2.57. The van der Waals surface area contributed by atoms with Crippen molar-refractivity contribution in [1.29, 1.82) is 0 Å². The topological polar surface area (TPSA) is 55.9 Å². The maximum atomic E-state index is 5.99. The highest BCUT2D eigenvalue weighted by molar-refractivity contribution is 5.06. The number of aryl methyl sites for hydroxylation is 2. The van der Waals surface area contributed by atoms with Crippen LogP contribution in [0.15, 0.2) is 12.4 Å². The van der Waals surface area contributed by atoms with Crippen LogP contribution in [0.25, 0.3) is 0 Å². The third-order valence-electron chi connectivity index (χ3n) is 6.60. The van der Waals surface area contributed by atoms with Crippen molar-refractivity contribution in [3.05, 3.63) is 18.2 Å². The van der Waals surface area contributed by atoms with Gasteiger partial charge in [-0.15, -0.1) is 0 Å². The summed E-state index contributed by atoms with van der Waals surface area (Å²) in [5.41, 5.74) is 3.68. The van der Waals surface area contributed by atoms with Gasteiger partial charge in [-0.25, -0.2) is 4.98 Å². The van der Waals surface area contributed by atoms with E-state index in [4.69, 9.17) is 5.84 Å². The van der Waals surface area contributed by atoms with E-state index in [1.165, 1.54) is 44.3 Å². The van der Waals surface area contributed by atoms with Crippen LogP contribution >= 0.6 is 0 Å². The number of imidazole rings is 1. The minimum Gasteiger partial charge on any atom is -0.338 e. The number of nitrogens with two attached hydrogens (primary N) is 1. The van der Waals surface area contributed by atoms with Gasteiger partial charge < -0.3 is 4.57 Å². The third kappa shape index (κ3) is 2.33. The van der Waals surface area contributed by atoms with E-state index in [1.54, 1.807) is 0 Å². The zero-order valence-electron chi connectivity index (χ0n) is 13.1. The molecule has 4 fully saturated rings. The van der Waals surface area contributed by atoms with E-state index in [9.17, 15) is 0 Å². The van der Waals surface area contributed by atoms with Gasteiger partial charge in [-0.1, -0.05) is 0 Å². The van der Waals surface area contributed by atoms with Crippen molar-refractivity contribution in [2.24, 2.45) is 36.1 Å². The van der Waals surface area contributed by atoms with Crippen LogP contribution in [-0.2, 0) is 13.5 Å². The van der Waals surface area contributed by atoms with E-state index in [0.29, 0.717) is 11.5 Å². The first-order chi connectivity index (χ1) is 10.2. The highest BCUT2D eigenvalue weighted by atomic mass is 15.2. The lowest BCUT2D eigenvalue weighted by molar-refractivity contribution is -0.0752. The SMILES string of the molecule is Cn1ccnc1CCC(NN)C12CC3CC(CC(C3)C1)C2. The minimum absolute atomic E-state index is 0.461. The first kappa shape index (κ1) is 13.8. The molecule has 1 heterocycles. The van der Waals surface area contributed by atoms with E-state index in [2.05, 4.69) is 22.0 Å². The van der Waals surface area contributed by atoms with Crippen molar-refractivity contribution in [3.63, 3.8) is 0 Å². The Morgan fingerprint density at radius 2 is 1.90 bits per heavy atom. The predicted octanol–water partition coefficient (Wildman–Crippen LogP) is 2.40. The average Bonchev–Trinajstić information content (AvgIpc) is 2.83. The van der Waals surface area contributed by atoms with Gasteiger partial charge in [-0.2, -0.15) is 0 Å². The molecule has 0 aromatic carbocycles. The Morgan fingerprint density at radius 3 is 2.38 bits per heavy atom. The predicted molar refractivity (Wildman–Crippen MR) is 83.2 cm³/mol. The monoisotopic (exact) mass is 288 g/mol. The maximum Gasteiger partial charge on any atom is 0.108 e. The molecule has 4 saturated carbocycles. The molecular formula is C17H28N4. The van der Waals surface area contributed by atoms with Gasteiger partial charge in [0.05, 0.1) is 0 Å². The minimum atomic E-state index is 0.461. The third-order valence-corrected chi connectivity index (χ3v) is 6.60. The largest absolute Gasteiger partial charge is 0.338 e. The molecule has 1 atom stereocenters. The number of aromatic nitrogens is 2. The molecule has 4 nitrogen and oxygen atoms in total. The van der Waals surface area contributed by atoms with E-state index >= 15 is 0 Å². The van der Waals surface area contributed by atoms with Gasteiger partial charge in [-0.05, 0) is 68.1 Å². The van der Waals surface area contributed by atoms with E-state index in [0.717, 1.165) is 30.6 Å². The second-order valence-corrected chi connectivity index (χ2v) is 7.99. The maximum absolute atomic E-state index is 5.99. The van der Waals surface area contributed by atoms with Gasteiger partial charge in [0.1, 0.15) is 5.82 Å². The zero-order chi connectivity index (χ0) is 14.4. The lowest BCUT2D eigenvalue weighted by Gasteiger charge is -2.59. The molecule has 1 unspecified atom stereocenters. The highest BCUT2D eigenvalue weighted by Gasteiger charge is 2.53. The summed E-state index contributed by atoms with van der Waals surface area (Å²) >= 11 is 0. The smallest absolute Gasteiger partial charge is 0.108 e. The molecule has 4 bridgehead atoms. The summed E-state index contributed by atoms with van der Waals surface area (Å²) in [7, 11) is 2.08. The lowest BCUT2D eigenvalue weighted by atomic mass is 9.47. The van der Waals surface area contributed by atoms with Gasteiger partial charge in [-0.3, -0.25) is 11.3 Å². The fraction of sp³-hybridized carbons (Fsp3) is 0.824. The van der Waals surface area contributed by atoms with Crippen LogP contribution in [0.3, 0.4) is 0 Å². The van der Waals surface area contributed by atoms with Gasteiger partial charge in [0.25, 0.3) is 0 Å². The van der Waals surface area contributed by atoms with Crippen LogP contribution in [-0.4, -0.2) is 15.6 Å². The summed E-state index contributed by atoms with van der Waals surface area (Å²) in [4.78, 5) is 4.46. The Balaban J connectivity index is 1.49. The van der Waals surface area contributed by atoms with Crippen molar-refractivity contribution >= 4 is 0 Å². The Labute approximate surface area is 127 Å². The van der Waals surface area contributed by atoms with Crippen molar-refractivity contribution < 1.29 is 0 Å². The quantitative estimate of drug-likeness (QED) is 0.646. The number of hydrazine groups is 1. The summed E-state index contributed by atoms with van der Waals surface area (Å²) in [6.07, 6.45) is 14.8. The van der Waals surface area contributed by atoms with Crippen LogP contribution in [0.2, 0.25) is 0 Å². The molecule has 21 heavy (non-hydrogen) atoms. The van der Waals surface area contributed by atoms with Crippen molar-refractivity contribution in [2.45, 2.75) is 57.4 Å². The molecular weight excluding hydrogens is 260 g/mol. The highest BCUT2D eigenvalue weighted by Crippen LogP contribution is 2.61. The Kier molecular flexibility index (Phi) is 3.34. The van der Waals surface area contributed by atoms with Crippen LogP contribution in [0.5, 0.6) is 0 Å². The number of hydrogen-bond donors (Lipinski definition) is 2. The molecule has 4 heteroatoms. The molecule has 3 N–H and O–H groups in total. The van der Waals surface area contributed by atoms with Crippen molar-refractivity contribution in [3.8, 4) is 0 Å². The summed E-state index contributed by atoms with van der Waals surface area (Å²) in [6.45, 7) is 0. The second-order valence-electron chi connectivity index (χ2n) is 7.99. The summed E-state index contributed by atoms with van der Waals surface area (Å²) < 4.78 is 2.13. The molecule has 0 radical (unpaired) electrons. The number of nitrogens with one attached hydrogen (secondary N) is 1. The molecule has 0 aliphatic heterocycles. The molecule has 4 aliphatic rings. The summed E-state index contributed by atoms with van der Waals surface area (Å²) in [5.74, 6) is 10.1. The molecule has 4 aliphatic carbocycles. The van der Waals surface area contributed by atoms with Gasteiger partial charge in [0.2, 0.25) is 0 Å². The molecule has 0 saturated heterocycles. The average molecular weight is 288 g/mol. The Bertz CT molecular complexity index is 471. The summed E-state index contributed by atoms with van der Waals surface area (Å²) in [6, 6.07) is 0.461. The fourth-order valence-corrected chi connectivity index (χ4v) is 6.08. The van der Waals surface area contributed by atoms with Crippen LogP contribution in [0.1, 0.15) is 50.8 Å². The normalized spacial score (nSPS) is 38.9. The molecule has 0 spiro atoms. The molecule has 5 rings (SSSR count). The first-order valence-corrected chi connectivity index (χ1v) is 8.61. The Hall–Kier alpha value is -0.870. The number of nitrogens with zero attached hydrogens (tertiary/aromatic N) is 2. The molecule has 0 amide bonds. The summed E-state index contributed by atoms with van der Waals surface area (Å²) in [5, 5.41) is 0. The fourth-order valence-electron chi connectivity index (χ4n) is 6.08. The van der Waals surface area contributed by atoms with E-state index in [1.807, 2.05) is 12.4 Å². The molecule has 1 aromatic heterocycles. The van der Waals surface area contributed by atoms with E-state index < -0.39 is 0 Å². The van der Waals surface area contributed by atoms with Crippen molar-refractivity contribution in [2.75, 3.05) is 0 Å². The number of hydrogen-bond acceptors (Lipinski definition) is 3. The molecule has 116 valence electrons. The van der Waals surface area contributed by atoms with E-state index in [-0.39, 0.29) is 0 Å². The van der Waals surface area contributed by atoms with Crippen LogP contribution in [0.4, 0.5) is 0 Å². The van der Waals surface area contributed by atoms with Crippen LogP contribution < -0.4 is 11.3 Å². The standard InChI is InChI=1S/C17H28N4/c1-21-5-4-19-16(21)3-2-15(20-18)17-9-12-6-13(10-17)8-14(7-12)11-17/h4-5,12-15,20H,2-3,6-11,18H2,1H3. The van der Waals surface area contributed by atoms with Crippen molar-refractivity contribution in [1.82, 2.24) is 15.0 Å². The van der Waals surface area contributed by atoms with Gasteiger partial charge >= 0.3 is 0 Å². The van der Waals surface area contributed by atoms with Crippen LogP contribution in [0, 0.1) is 23.2 Å². The van der Waals surface area contributed by atoms with Gasteiger partial charge in [0, 0.05) is 31.9 Å².